The molecule has 4 aliphatic carbocycles. The number of aromatic amines is 1. The molecule has 7 rings (SSSR count). The van der Waals surface area contributed by atoms with Gasteiger partial charge in [0.1, 0.15) is 13.2 Å². The Morgan fingerprint density at radius 3 is 2.34 bits per heavy atom. The number of azo groups is 1. The molecule has 5 aliphatic rings. The number of hydrogen-bond acceptors (Lipinski definition) is 5. The first-order valence-corrected chi connectivity index (χ1v) is 10.7. The van der Waals surface area contributed by atoms with Gasteiger partial charge in [-0.05, 0) is 67.8 Å². The van der Waals surface area contributed by atoms with Crippen molar-refractivity contribution in [2.45, 2.75) is 44.9 Å². The van der Waals surface area contributed by atoms with Gasteiger partial charge in [-0.25, -0.2) is 0 Å². The van der Waals surface area contributed by atoms with Crippen molar-refractivity contribution >= 4 is 22.5 Å². The van der Waals surface area contributed by atoms with Crippen molar-refractivity contribution in [1.82, 2.24) is 4.98 Å². The maximum Gasteiger partial charge on any atom is 0.265 e. The van der Waals surface area contributed by atoms with Crippen LogP contribution in [-0.2, 0) is 4.79 Å². The van der Waals surface area contributed by atoms with Crippen molar-refractivity contribution in [1.29, 1.82) is 0 Å². The molecule has 29 heavy (non-hydrogen) atoms. The lowest BCUT2D eigenvalue weighted by atomic mass is 9.49. The zero-order valence-electron chi connectivity index (χ0n) is 16.3. The molecule has 1 aromatic carbocycles. The molecule has 4 fully saturated rings. The molecule has 1 aromatic heterocycles. The molecule has 4 saturated carbocycles. The Morgan fingerprint density at radius 1 is 1.07 bits per heavy atom. The fourth-order valence-electron chi connectivity index (χ4n) is 6.77. The van der Waals surface area contributed by atoms with Crippen LogP contribution in [0.1, 0.15) is 44.9 Å². The summed E-state index contributed by atoms with van der Waals surface area (Å²) >= 11 is 0. The first kappa shape index (κ1) is 17.3. The average Bonchev–Trinajstić information content (AvgIpc) is 2.97. The number of nitrogens with one attached hydrogen (secondary N) is 1. The summed E-state index contributed by atoms with van der Waals surface area (Å²) in [5.74, 6) is 3.36. The Balaban J connectivity index is 1.24. The minimum atomic E-state index is -0.182. The first-order chi connectivity index (χ1) is 14.1. The number of amides is 1. The third-order valence-corrected chi connectivity index (χ3v) is 7.37. The van der Waals surface area contributed by atoms with E-state index >= 15 is 0 Å². The molecule has 2 heterocycles. The first-order valence-electron chi connectivity index (χ1n) is 10.7. The number of aromatic hydroxyl groups is 1. The van der Waals surface area contributed by atoms with Crippen LogP contribution in [0.25, 0.3) is 10.9 Å². The summed E-state index contributed by atoms with van der Waals surface area (Å²) in [6, 6.07) is 3.55. The standard InChI is InChI=1S/C22H25N3O4/c26-19(11-22-8-12-3-13(9-22)5-14(4-12)10-22)24-25-20-15-6-17-18(29-2-1-28-17)7-16(15)23-21(20)27/h6-7,12-14,23,27H,1-5,8-11H2. The Hall–Kier alpha value is -2.57. The van der Waals surface area contributed by atoms with Crippen molar-refractivity contribution in [2.75, 3.05) is 13.2 Å². The van der Waals surface area contributed by atoms with Gasteiger partial charge >= 0.3 is 0 Å². The van der Waals surface area contributed by atoms with E-state index < -0.39 is 0 Å². The van der Waals surface area contributed by atoms with Crippen LogP contribution in [0.2, 0.25) is 0 Å². The molecular weight excluding hydrogens is 370 g/mol. The minimum Gasteiger partial charge on any atom is -0.493 e. The van der Waals surface area contributed by atoms with E-state index in [1.807, 2.05) is 0 Å². The van der Waals surface area contributed by atoms with Gasteiger partial charge in [0.15, 0.2) is 17.2 Å². The van der Waals surface area contributed by atoms with Gasteiger partial charge in [-0.15, -0.1) is 10.2 Å². The van der Waals surface area contributed by atoms with E-state index in [-0.39, 0.29) is 22.9 Å². The van der Waals surface area contributed by atoms with Crippen molar-refractivity contribution in [3.8, 4) is 17.4 Å². The molecular formula is C22H25N3O4. The zero-order chi connectivity index (χ0) is 19.6. The van der Waals surface area contributed by atoms with E-state index in [9.17, 15) is 9.90 Å². The lowest BCUT2D eigenvalue weighted by molar-refractivity contribution is -0.126. The third-order valence-electron chi connectivity index (χ3n) is 7.37. The number of benzene rings is 1. The lowest BCUT2D eigenvalue weighted by Gasteiger charge is -2.56. The zero-order valence-corrected chi connectivity index (χ0v) is 16.3. The summed E-state index contributed by atoms with van der Waals surface area (Å²) in [5.41, 5.74) is 1.09. The second kappa shape index (κ2) is 6.21. The summed E-state index contributed by atoms with van der Waals surface area (Å²) in [7, 11) is 0. The van der Waals surface area contributed by atoms with Crippen LogP contribution in [-0.4, -0.2) is 29.2 Å². The number of aromatic nitrogens is 1. The van der Waals surface area contributed by atoms with E-state index in [1.54, 1.807) is 12.1 Å². The summed E-state index contributed by atoms with van der Waals surface area (Å²) in [6.07, 6.45) is 8.05. The molecule has 2 aromatic rings. The molecule has 152 valence electrons. The normalized spacial score (nSPS) is 32.3. The average molecular weight is 395 g/mol. The Morgan fingerprint density at radius 2 is 1.69 bits per heavy atom. The Labute approximate surface area is 168 Å². The SMILES string of the molecule is O=C(CC12CC3CC(CC(C3)C1)C2)N=Nc1c(O)[nH]c2cc3c(cc12)OCCO3. The molecule has 2 N–H and O–H groups in total. The molecule has 0 atom stereocenters. The monoisotopic (exact) mass is 395 g/mol. The van der Waals surface area contributed by atoms with Gasteiger partial charge in [0.25, 0.3) is 5.91 Å². The van der Waals surface area contributed by atoms with Crippen LogP contribution >= 0.6 is 0 Å². The summed E-state index contributed by atoms with van der Waals surface area (Å²) < 4.78 is 11.2. The van der Waals surface area contributed by atoms with E-state index in [2.05, 4.69) is 15.2 Å². The van der Waals surface area contributed by atoms with Crippen molar-refractivity contribution in [3.05, 3.63) is 12.1 Å². The van der Waals surface area contributed by atoms with Crippen LogP contribution in [0.5, 0.6) is 17.4 Å². The van der Waals surface area contributed by atoms with Crippen LogP contribution in [0.4, 0.5) is 5.69 Å². The molecule has 7 heteroatoms. The topological polar surface area (TPSA) is 96.3 Å². The van der Waals surface area contributed by atoms with Gasteiger partial charge in [0.2, 0.25) is 5.88 Å². The highest BCUT2D eigenvalue weighted by Crippen LogP contribution is 2.61. The van der Waals surface area contributed by atoms with Gasteiger partial charge in [0.05, 0.1) is 5.52 Å². The van der Waals surface area contributed by atoms with E-state index in [0.717, 1.165) is 17.8 Å². The Bertz CT molecular complexity index is 989. The van der Waals surface area contributed by atoms with Gasteiger partial charge in [-0.3, -0.25) is 4.79 Å². The van der Waals surface area contributed by atoms with Crippen molar-refractivity contribution in [2.24, 2.45) is 33.4 Å². The summed E-state index contributed by atoms with van der Waals surface area (Å²) in [5, 5.41) is 19.1. The van der Waals surface area contributed by atoms with Gasteiger partial charge < -0.3 is 19.6 Å². The molecule has 0 spiro atoms. The molecule has 0 saturated heterocycles. The number of fused-ring (bicyclic) bond motifs is 2. The largest absolute Gasteiger partial charge is 0.493 e. The second-order valence-corrected chi connectivity index (χ2v) is 9.55. The number of carbonyl (C=O) groups excluding carboxylic acids is 1. The molecule has 1 amide bonds. The van der Waals surface area contributed by atoms with Gasteiger partial charge in [-0.2, -0.15) is 0 Å². The second-order valence-electron chi connectivity index (χ2n) is 9.55. The van der Waals surface area contributed by atoms with Crippen LogP contribution in [0, 0.1) is 23.2 Å². The smallest absolute Gasteiger partial charge is 0.265 e. The highest BCUT2D eigenvalue weighted by Gasteiger charge is 2.51. The highest BCUT2D eigenvalue weighted by atomic mass is 16.6. The molecule has 1 aliphatic heterocycles. The number of rotatable bonds is 3. The predicted octanol–water partition coefficient (Wildman–Crippen LogP) is 4.86. The summed E-state index contributed by atoms with van der Waals surface area (Å²) in [4.78, 5) is 15.6. The third kappa shape index (κ3) is 2.90. The number of nitrogens with zero attached hydrogens (tertiary/aromatic N) is 2. The fourth-order valence-corrected chi connectivity index (χ4v) is 6.77. The maximum absolute atomic E-state index is 12.7. The van der Waals surface area contributed by atoms with Crippen LogP contribution in [0.3, 0.4) is 0 Å². The van der Waals surface area contributed by atoms with E-state index in [1.165, 1.54) is 38.5 Å². The number of carbonyl (C=O) groups is 1. The number of ether oxygens (including phenoxy) is 2. The van der Waals surface area contributed by atoms with Gasteiger partial charge in [-0.1, -0.05) is 0 Å². The summed E-state index contributed by atoms with van der Waals surface area (Å²) in [6.45, 7) is 0.978. The predicted molar refractivity (Wildman–Crippen MR) is 106 cm³/mol. The number of hydrogen-bond donors (Lipinski definition) is 2. The van der Waals surface area contributed by atoms with Crippen molar-refractivity contribution < 1.29 is 19.4 Å². The highest BCUT2D eigenvalue weighted by molar-refractivity contribution is 5.96. The number of H-pyrrole nitrogens is 1. The van der Waals surface area contributed by atoms with Crippen molar-refractivity contribution in [3.63, 3.8) is 0 Å². The van der Waals surface area contributed by atoms with E-state index in [4.69, 9.17) is 9.47 Å². The van der Waals surface area contributed by atoms with Gasteiger partial charge in [0, 0.05) is 17.9 Å². The minimum absolute atomic E-state index is 0.103. The fraction of sp³-hybridized carbons (Fsp3) is 0.591. The lowest BCUT2D eigenvalue weighted by Crippen LogP contribution is -2.46. The molecule has 4 bridgehead atoms. The van der Waals surface area contributed by atoms with Crippen LogP contribution in [0.15, 0.2) is 22.4 Å². The van der Waals surface area contributed by atoms with Crippen LogP contribution < -0.4 is 9.47 Å². The maximum atomic E-state index is 12.7. The molecule has 0 unspecified atom stereocenters. The quantitative estimate of drug-likeness (QED) is 0.725. The molecule has 7 nitrogen and oxygen atoms in total. The molecule has 0 radical (unpaired) electrons. The Kier molecular flexibility index (Phi) is 3.71. The van der Waals surface area contributed by atoms with E-state index in [0.29, 0.717) is 42.0 Å².